The van der Waals surface area contributed by atoms with E-state index in [9.17, 15) is 0 Å². The molecule has 0 bridgehead atoms. The number of rotatable bonds is 7. The van der Waals surface area contributed by atoms with Gasteiger partial charge in [0.2, 0.25) is 0 Å². The number of nitrogens with zero attached hydrogens (tertiary/aromatic N) is 1. The van der Waals surface area contributed by atoms with Gasteiger partial charge in [0.25, 0.3) is 0 Å². The van der Waals surface area contributed by atoms with Gasteiger partial charge in [0.1, 0.15) is 6.26 Å². The maximum Gasteiger partial charge on any atom is 0.107 e. The fraction of sp³-hybridized carbons (Fsp3) is 0.300. The molecule has 0 fully saturated rings. The highest BCUT2D eigenvalue weighted by molar-refractivity contribution is 6.76. The zero-order valence-electron chi connectivity index (χ0n) is 14.6. The van der Waals surface area contributed by atoms with Gasteiger partial charge in [-0.25, -0.2) is 0 Å². The van der Waals surface area contributed by atoms with Gasteiger partial charge in [-0.1, -0.05) is 68.2 Å². The van der Waals surface area contributed by atoms with E-state index in [-0.39, 0.29) is 0 Å². The molecule has 0 aliphatic carbocycles. The average Bonchev–Trinajstić information content (AvgIpc) is 2.55. The molecule has 0 unspecified atom stereocenters. The van der Waals surface area contributed by atoms with Crippen LogP contribution in [0.5, 0.6) is 0 Å². The summed E-state index contributed by atoms with van der Waals surface area (Å²) in [6.07, 6.45) is 1.91. The van der Waals surface area contributed by atoms with Crippen LogP contribution < -0.4 is 4.90 Å². The Labute approximate surface area is 141 Å². The molecule has 0 aliphatic heterocycles. The fourth-order valence-corrected chi connectivity index (χ4v) is 2.97. The SMILES string of the molecule is CN(/C(=C\OCC[Si](C)(C)C)c1ccccc1)c1ccccc1. The maximum absolute atomic E-state index is 5.90. The molecule has 0 aromatic heterocycles. The number of anilines is 1. The Morgan fingerprint density at radius 2 is 1.52 bits per heavy atom. The zero-order valence-corrected chi connectivity index (χ0v) is 15.6. The molecule has 0 aliphatic rings. The predicted molar refractivity (Wildman–Crippen MR) is 103 cm³/mol. The molecule has 2 aromatic rings. The topological polar surface area (TPSA) is 12.5 Å². The van der Waals surface area contributed by atoms with E-state index in [1.54, 1.807) is 0 Å². The molecule has 0 N–H and O–H groups in total. The predicted octanol–water partition coefficient (Wildman–Crippen LogP) is 5.48. The number of benzene rings is 2. The summed E-state index contributed by atoms with van der Waals surface area (Å²) in [5, 5.41) is 0. The maximum atomic E-state index is 5.90. The van der Waals surface area contributed by atoms with Crippen LogP contribution in [0.4, 0.5) is 5.69 Å². The van der Waals surface area contributed by atoms with E-state index in [2.05, 4.69) is 80.1 Å². The van der Waals surface area contributed by atoms with Crippen molar-refractivity contribution in [1.82, 2.24) is 0 Å². The highest BCUT2D eigenvalue weighted by Gasteiger charge is 2.13. The molecule has 0 amide bonds. The number of ether oxygens (including phenoxy) is 1. The molecular formula is C20H27NOSi. The van der Waals surface area contributed by atoms with Crippen LogP contribution in [0.2, 0.25) is 25.7 Å². The molecule has 0 spiro atoms. The lowest BCUT2D eigenvalue weighted by Crippen LogP contribution is -2.21. The Morgan fingerprint density at radius 3 is 2.09 bits per heavy atom. The van der Waals surface area contributed by atoms with E-state index < -0.39 is 8.07 Å². The number of hydrogen-bond acceptors (Lipinski definition) is 2. The summed E-state index contributed by atoms with van der Waals surface area (Å²) < 4.78 is 5.90. The van der Waals surface area contributed by atoms with E-state index >= 15 is 0 Å². The molecular weight excluding hydrogens is 298 g/mol. The van der Waals surface area contributed by atoms with E-state index in [0.717, 1.165) is 23.6 Å². The lowest BCUT2D eigenvalue weighted by molar-refractivity contribution is 0.268. The summed E-state index contributed by atoms with van der Waals surface area (Å²) in [6.45, 7) is 7.89. The van der Waals surface area contributed by atoms with Crippen molar-refractivity contribution < 1.29 is 4.74 Å². The van der Waals surface area contributed by atoms with Crippen LogP contribution in [0.3, 0.4) is 0 Å². The largest absolute Gasteiger partial charge is 0.499 e. The van der Waals surface area contributed by atoms with E-state index in [0.29, 0.717) is 0 Å². The summed E-state index contributed by atoms with van der Waals surface area (Å²) in [6, 6.07) is 21.9. The molecule has 122 valence electrons. The van der Waals surface area contributed by atoms with Crippen molar-refractivity contribution in [2.75, 3.05) is 18.6 Å². The third kappa shape index (κ3) is 5.60. The number of hydrogen-bond donors (Lipinski definition) is 0. The van der Waals surface area contributed by atoms with Crippen molar-refractivity contribution in [3.63, 3.8) is 0 Å². The van der Waals surface area contributed by atoms with Crippen LogP contribution in [0.15, 0.2) is 66.9 Å². The van der Waals surface area contributed by atoms with Gasteiger partial charge in [-0.05, 0) is 18.2 Å². The molecule has 23 heavy (non-hydrogen) atoms. The standard InChI is InChI=1S/C20H27NOSi/c1-21(19-13-9-6-10-14-19)20(18-11-7-5-8-12-18)17-22-15-16-23(2,3)4/h5-14,17H,15-16H2,1-4H3/b20-17-. The molecule has 3 heteroatoms. The first-order valence-corrected chi connectivity index (χ1v) is 11.8. The van der Waals surface area contributed by atoms with Gasteiger partial charge in [-0.3, -0.25) is 0 Å². The monoisotopic (exact) mass is 325 g/mol. The first-order chi connectivity index (χ1) is 11.0. The minimum absolute atomic E-state index is 0.786. The second-order valence-corrected chi connectivity index (χ2v) is 12.6. The average molecular weight is 326 g/mol. The summed E-state index contributed by atoms with van der Waals surface area (Å²) in [7, 11) is 1.01. The second kappa shape index (κ2) is 8.02. The smallest absolute Gasteiger partial charge is 0.107 e. The van der Waals surface area contributed by atoms with Crippen molar-refractivity contribution in [2.24, 2.45) is 0 Å². The van der Waals surface area contributed by atoms with Crippen LogP contribution >= 0.6 is 0 Å². The summed E-state index contributed by atoms with van der Waals surface area (Å²) in [4.78, 5) is 2.17. The van der Waals surface area contributed by atoms with Crippen LogP contribution in [0.25, 0.3) is 5.70 Å². The highest BCUT2D eigenvalue weighted by Crippen LogP contribution is 2.24. The van der Waals surface area contributed by atoms with Gasteiger partial charge in [-0.2, -0.15) is 0 Å². The molecule has 0 atom stereocenters. The van der Waals surface area contributed by atoms with Crippen LogP contribution in [0, 0.1) is 0 Å². The van der Waals surface area contributed by atoms with Crippen LogP contribution in [-0.4, -0.2) is 21.7 Å². The van der Waals surface area contributed by atoms with E-state index in [1.807, 2.05) is 18.4 Å². The summed E-state index contributed by atoms with van der Waals surface area (Å²) in [5.41, 5.74) is 3.38. The van der Waals surface area contributed by atoms with Crippen LogP contribution in [-0.2, 0) is 4.74 Å². The normalized spacial score (nSPS) is 12.1. The van der Waals surface area contributed by atoms with Gasteiger partial charge >= 0.3 is 0 Å². The van der Waals surface area contributed by atoms with Gasteiger partial charge in [0.15, 0.2) is 0 Å². The summed E-state index contributed by atoms with van der Waals surface area (Å²) in [5.74, 6) is 0. The van der Waals surface area contributed by atoms with Crippen LogP contribution in [0.1, 0.15) is 5.56 Å². The Kier molecular flexibility index (Phi) is 6.05. The molecule has 0 saturated heterocycles. The Bertz CT molecular complexity index is 617. The van der Waals surface area contributed by atoms with Gasteiger partial charge in [0.05, 0.1) is 12.3 Å². The van der Waals surface area contributed by atoms with Crippen molar-refractivity contribution in [2.45, 2.75) is 25.7 Å². The molecule has 2 aromatic carbocycles. The van der Waals surface area contributed by atoms with Gasteiger partial charge < -0.3 is 9.64 Å². The molecule has 2 rings (SSSR count). The first kappa shape index (κ1) is 17.4. The molecule has 0 radical (unpaired) electrons. The fourth-order valence-electron chi connectivity index (χ4n) is 2.24. The first-order valence-electron chi connectivity index (χ1n) is 8.13. The van der Waals surface area contributed by atoms with E-state index in [1.165, 1.54) is 6.04 Å². The molecule has 2 nitrogen and oxygen atoms in total. The lowest BCUT2D eigenvalue weighted by atomic mass is 10.1. The van der Waals surface area contributed by atoms with Gasteiger partial charge in [0, 0.05) is 26.4 Å². The van der Waals surface area contributed by atoms with Crippen molar-refractivity contribution in [1.29, 1.82) is 0 Å². The van der Waals surface area contributed by atoms with Gasteiger partial charge in [-0.15, -0.1) is 0 Å². The van der Waals surface area contributed by atoms with Crippen molar-refractivity contribution in [3.8, 4) is 0 Å². The molecule has 0 heterocycles. The van der Waals surface area contributed by atoms with Crippen molar-refractivity contribution >= 4 is 19.5 Å². The Balaban J connectivity index is 2.19. The summed E-state index contributed by atoms with van der Waals surface area (Å²) >= 11 is 0. The highest BCUT2D eigenvalue weighted by atomic mass is 28.3. The Morgan fingerprint density at radius 1 is 0.957 bits per heavy atom. The zero-order chi connectivity index (χ0) is 16.7. The van der Waals surface area contributed by atoms with Crippen molar-refractivity contribution in [3.05, 3.63) is 72.5 Å². The number of para-hydroxylation sites is 1. The second-order valence-electron chi connectivity index (χ2n) is 6.95. The molecule has 0 saturated carbocycles. The Hall–Kier alpha value is -2.00. The quantitative estimate of drug-likeness (QED) is 0.380. The van der Waals surface area contributed by atoms with E-state index in [4.69, 9.17) is 4.74 Å². The third-order valence-electron chi connectivity index (χ3n) is 3.74. The minimum atomic E-state index is -1.07. The minimum Gasteiger partial charge on any atom is -0.499 e. The third-order valence-corrected chi connectivity index (χ3v) is 5.44. The lowest BCUT2D eigenvalue weighted by Gasteiger charge is -2.23.